The Kier molecular flexibility index (Phi) is 5.85. The summed E-state index contributed by atoms with van der Waals surface area (Å²) in [6.07, 6.45) is 1.31. The fourth-order valence-electron chi connectivity index (χ4n) is 4.88. The first-order chi connectivity index (χ1) is 14.8. The number of likely N-dealkylation sites (tertiary alicyclic amines) is 1. The number of sulfonamides is 1. The monoisotopic (exact) mass is 441 g/mol. The molecule has 0 spiro atoms. The molecule has 7 nitrogen and oxygen atoms in total. The Morgan fingerprint density at radius 1 is 0.935 bits per heavy atom. The number of amides is 2. The second-order valence-corrected chi connectivity index (χ2v) is 10.1. The molecule has 2 fully saturated rings. The van der Waals surface area contributed by atoms with E-state index in [0.29, 0.717) is 31.5 Å². The fraction of sp³-hybridized carbons (Fsp3) is 0.391. The maximum Gasteiger partial charge on any atom is 0.243 e. The van der Waals surface area contributed by atoms with Gasteiger partial charge in [-0.15, -0.1) is 0 Å². The molecule has 2 aliphatic heterocycles. The van der Waals surface area contributed by atoms with Crippen molar-refractivity contribution < 1.29 is 18.0 Å². The summed E-state index contributed by atoms with van der Waals surface area (Å²) in [5.74, 6) is -0.231. The number of anilines is 1. The largest absolute Gasteiger partial charge is 0.339 e. The van der Waals surface area contributed by atoms with Crippen LogP contribution >= 0.6 is 0 Å². The van der Waals surface area contributed by atoms with Crippen LogP contribution in [0.4, 0.5) is 5.69 Å². The van der Waals surface area contributed by atoms with Gasteiger partial charge < -0.3 is 10.2 Å². The Morgan fingerprint density at radius 2 is 1.55 bits per heavy atom. The SMILES string of the molecule is CC(=O)N1CC[C@@]2(C(=O)Nc3ccccc3)CCN(S(=O)(=O)c3ccccc3)CC[C@@H]12. The minimum absolute atomic E-state index is 0.0845. The Bertz CT molecular complexity index is 1060. The van der Waals surface area contributed by atoms with Crippen LogP contribution in [0.3, 0.4) is 0 Å². The van der Waals surface area contributed by atoms with Gasteiger partial charge in [0, 0.05) is 38.3 Å². The van der Waals surface area contributed by atoms with E-state index >= 15 is 0 Å². The van der Waals surface area contributed by atoms with Crippen LogP contribution in [0, 0.1) is 5.41 Å². The minimum atomic E-state index is -3.67. The molecule has 2 atom stereocenters. The average molecular weight is 442 g/mol. The third-order valence-corrected chi connectivity index (χ3v) is 8.45. The predicted octanol–water partition coefficient (Wildman–Crippen LogP) is 2.72. The van der Waals surface area contributed by atoms with E-state index in [1.807, 2.05) is 30.3 Å². The zero-order valence-corrected chi connectivity index (χ0v) is 18.3. The highest BCUT2D eigenvalue weighted by Gasteiger charge is 2.54. The number of carbonyl (C=O) groups is 2. The standard InChI is InChI=1S/C23H27N3O4S/c1-18(27)26-17-14-23(22(28)24-19-8-4-2-5-9-19)13-16-25(15-12-21(23)26)31(29,30)20-10-6-3-7-11-20/h2-11,21H,12-17H2,1H3,(H,24,28)/t21-,23+/m1/s1. The Hall–Kier alpha value is -2.71. The summed E-state index contributed by atoms with van der Waals surface area (Å²) in [6, 6.07) is 17.2. The van der Waals surface area contributed by atoms with E-state index in [1.54, 1.807) is 35.2 Å². The van der Waals surface area contributed by atoms with Crippen molar-refractivity contribution in [2.24, 2.45) is 5.41 Å². The summed E-state index contributed by atoms with van der Waals surface area (Å²) in [4.78, 5) is 27.8. The van der Waals surface area contributed by atoms with Crippen LogP contribution in [0.15, 0.2) is 65.6 Å². The van der Waals surface area contributed by atoms with Gasteiger partial charge in [-0.3, -0.25) is 9.59 Å². The molecule has 2 saturated heterocycles. The molecule has 2 amide bonds. The number of nitrogens with zero attached hydrogens (tertiary/aromatic N) is 2. The molecular formula is C23H27N3O4S. The van der Waals surface area contributed by atoms with Crippen LogP contribution in [-0.2, 0) is 19.6 Å². The second-order valence-electron chi connectivity index (χ2n) is 8.21. The zero-order valence-electron chi connectivity index (χ0n) is 17.5. The lowest BCUT2D eigenvalue weighted by Gasteiger charge is -2.35. The molecule has 2 aromatic rings. The summed E-state index contributed by atoms with van der Waals surface area (Å²) in [5.41, 5.74) is -0.123. The molecule has 0 bridgehead atoms. The highest BCUT2D eigenvalue weighted by atomic mass is 32.2. The van der Waals surface area contributed by atoms with Gasteiger partial charge in [0.1, 0.15) is 0 Å². The molecule has 4 rings (SSSR count). The van der Waals surface area contributed by atoms with Gasteiger partial charge in [-0.2, -0.15) is 4.31 Å². The Balaban J connectivity index is 1.64. The van der Waals surface area contributed by atoms with Crippen molar-refractivity contribution in [3.8, 4) is 0 Å². The lowest BCUT2D eigenvalue weighted by molar-refractivity contribution is -0.133. The lowest BCUT2D eigenvalue weighted by atomic mass is 9.75. The number of hydrogen-bond acceptors (Lipinski definition) is 4. The lowest BCUT2D eigenvalue weighted by Crippen LogP contribution is -2.48. The maximum absolute atomic E-state index is 13.5. The van der Waals surface area contributed by atoms with Crippen LogP contribution in [0.5, 0.6) is 0 Å². The van der Waals surface area contributed by atoms with Gasteiger partial charge in [-0.25, -0.2) is 8.42 Å². The van der Waals surface area contributed by atoms with Crippen molar-refractivity contribution in [3.63, 3.8) is 0 Å². The van der Waals surface area contributed by atoms with E-state index in [1.165, 1.54) is 11.2 Å². The van der Waals surface area contributed by atoms with Gasteiger partial charge in [-0.1, -0.05) is 36.4 Å². The number of carbonyl (C=O) groups excluding carboxylic acids is 2. The van der Waals surface area contributed by atoms with Crippen molar-refractivity contribution in [1.82, 2.24) is 9.21 Å². The highest BCUT2D eigenvalue weighted by molar-refractivity contribution is 7.89. The number of hydrogen-bond donors (Lipinski definition) is 1. The quantitative estimate of drug-likeness (QED) is 0.790. The van der Waals surface area contributed by atoms with Crippen molar-refractivity contribution >= 4 is 27.5 Å². The van der Waals surface area contributed by atoms with Crippen molar-refractivity contribution in [3.05, 3.63) is 60.7 Å². The van der Waals surface area contributed by atoms with Gasteiger partial charge in [0.25, 0.3) is 0 Å². The maximum atomic E-state index is 13.5. The van der Waals surface area contributed by atoms with Crippen molar-refractivity contribution in [2.75, 3.05) is 25.0 Å². The van der Waals surface area contributed by atoms with Crippen molar-refractivity contribution in [2.45, 2.75) is 37.1 Å². The molecule has 2 aromatic carbocycles. The first-order valence-electron chi connectivity index (χ1n) is 10.5. The molecule has 2 heterocycles. The third kappa shape index (κ3) is 3.97. The summed E-state index contributed by atoms with van der Waals surface area (Å²) in [7, 11) is -3.67. The van der Waals surface area contributed by atoms with Gasteiger partial charge in [0.15, 0.2) is 0 Å². The average Bonchev–Trinajstić information content (AvgIpc) is 3.03. The molecule has 0 radical (unpaired) electrons. The topological polar surface area (TPSA) is 86.8 Å². The summed E-state index contributed by atoms with van der Waals surface area (Å²) in [6.45, 7) is 2.52. The number of benzene rings is 2. The molecule has 8 heteroatoms. The highest BCUT2D eigenvalue weighted by Crippen LogP contribution is 2.45. The normalized spacial score (nSPS) is 24.3. The molecule has 31 heavy (non-hydrogen) atoms. The summed E-state index contributed by atoms with van der Waals surface area (Å²) < 4.78 is 27.8. The molecule has 0 saturated carbocycles. The first kappa shape index (κ1) is 21.5. The van der Waals surface area contributed by atoms with Gasteiger partial charge in [0.05, 0.1) is 10.3 Å². The molecule has 164 valence electrons. The molecule has 0 aliphatic carbocycles. The number of nitrogens with one attached hydrogen (secondary N) is 1. The van der Waals surface area contributed by atoms with E-state index in [4.69, 9.17) is 0 Å². The number of fused-ring (bicyclic) bond motifs is 1. The molecular weight excluding hydrogens is 414 g/mol. The molecule has 2 aliphatic rings. The van der Waals surface area contributed by atoms with Crippen LogP contribution in [0.25, 0.3) is 0 Å². The van der Waals surface area contributed by atoms with E-state index in [0.717, 1.165) is 0 Å². The third-order valence-electron chi connectivity index (χ3n) is 6.54. The zero-order chi connectivity index (χ0) is 22.1. The van der Waals surface area contributed by atoms with Crippen molar-refractivity contribution in [1.29, 1.82) is 0 Å². The smallest absolute Gasteiger partial charge is 0.243 e. The van der Waals surface area contributed by atoms with E-state index in [2.05, 4.69) is 5.32 Å². The second kappa shape index (κ2) is 8.43. The van der Waals surface area contributed by atoms with Crippen LogP contribution < -0.4 is 5.32 Å². The first-order valence-corrected chi connectivity index (χ1v) is 12.0. The summed E-state index contributed by atoms with van der Waals surface area (Å²) >= 11 is 0. The van der Waals surface area contributed by atoms with Crippen LogP contribution in [-0.4, -0.2) is 55.1 Å². The van der Waals surface area contributed by atoms with Gasteiger partial charge >= 0.3 is 0 Å². The summed E-state index contributed by atoms with van der Waals surface area (Å²) in [5, 5.41) is 3.00. The van der Waals surface area contributed by atoms with Crippen LogP contribution in [0.2, 0.25) is 0 Å². The number of para-hydroxylation sites is 1. The van der Waals surface area contributed by atoms with E-state index < -0.39 is 15.4 Å². The Labute approximate surface area is 183 Å². The minimum Gasteiger partial charge on any atom is -0.339 e. The Morgan fingerprint density at radius 3 is 2.19 bits per heavy atom. The van der Waals surface area contributed by atoms with E-state index in [-0.39, 0.29) is 35.8 Å². The molecule has 0 aromatic heterocycles. The van der Waals surface area contributed by atoms with Gasteiger partial charge in [-0.05, 0) is 43.5 Å². The number of rotatable bonds is 4. The van der Waals surface area contributed by atoms with Crippen LogP contribution in [0.1, 0.15) is 26.2 Å². The predicted molar refractivity (Wildman–Crippen MR) is 118 cm³/mol. The molecule has 0 unspecified atom stereocenters. The van der Waals surface area contributed by atoms with E-state index in [9.17, 15) is 18.0 Å². The van der Waals surface area contributed by atoms with Gasteiger partial charge in [0.2, 0.25) is 21.8 Å². The fourth-order valence-corrected chi connectivity index (χ4v) is 6.36. The molecule has 1 N–H and O–H groups in total.